The van der Waals surface area contributed by atoms with Crippen molar-refractivity contribution in [2.75, 3.05) is 0 Å². The van der Waals surface area contributed by atoms with E-state index in [1.807, 2.05) is 6.92 Å². The van der Waals surface area contributed by atoms with Gasteiger partial charge in [0.1, 0.15) is 12.6 Å². The van der Waals surface area contributed by atoms with Gasteiger partial charge >= 0.3 is 0 Å². The summed E-state index contributed by atoms with van der Waals surface area (Å²) in [5.74, 6) is 0.368. The minimum atomic E-state index is 0.368. The Labute approximate surface area is 55.3 Å². The van der Waals surface area contributed by atoms with Gasteiger partial charge in [-0.25, -0.2) is 0 Å². The van der Waals surface area contributed by atoms with Crippen LogP contribution in [0.3, 0.4) is 0 Å². The highest BCUT2D eigenvalue weighted by molar-refractivity contribution is 5.51. The first-order chi connectivity index (χ1) is 4.31. The van der Waals surface area contributed by atoms with Crippen molar-refractivity contribution in [2.45, 2.75) is 26.2 Å². The van der Waals surface area contributed by atoms with Gasteiger partial charge in [0.05, 0.1) is 0 Å². The molecule has 9 heavy (non-hydrogen) atoms. The predicted molar refractivity (Wildman–Crippen MR) is 35.1 cm³/mol. The Kier molecular flexibility index (Phi) is 5.07. The zero-order valence-electron chi connectivity index (χ0n) is 5.67. The molecule has 0 N–H and O–H groups in total. The maximum absolute atomic E-state index is 9.89. The first-order valence-electron chi connectivity index (χ1n) is 3.18. The second-order valence-electron chi connectivity index (χ2n) is 2.25. The molecule has 0 bridgehead atoms. The van der Waals surface area contributed by atoms with Gasteiger partial charge < -0.3 is 9.59 Å². The molecule has 0 aliphatic carbocycles. The van der Waals surface area contributed by atoms with E-state index in [0.717, 1.165) is 19.0 Å². The highest BCUT2D eigenvalue weighted by Gasteiger charge is 1.98. The average molecular weight is 128 g/mol. The van der Waals surface area contributed by atoms with E-state index in [4.69, 9.17) is 0 Å². The summed E-state index contributed by atoms with van der Waals surface area (Å²) in [6.45, 7) is 1.97. The summed E-state index contributed by atoms with van der Waals surface area (Å²) in [6.07, 6.45) is 3.78. The van der Waals surface area contributed by atoms with Crippen molar-refractivity contribution in [3.05, 3.63) is 0 Å². The molecule has 0 aliphatic heterocycles. The second kappa shape index (κ2) is 5.48. The molecule has 0 aliphatic rings. The molecule has 0 saturated heterocycles. The molecule has 0 fully saturated rings. The lowest BCUT2D eigenvalue weighted by molar-refractivity contribution is -0.110. The number of aldehydes is 2. The van der Waals surface area contributed by atoms with E-state index in [1.54, 1.807) is 0 Å². The second-order valence-corrected chi connectivity index (χ2v) is 2.25. The van der Waals surface area contributed by atoms with Crippen molar-refractivity contribution >= 4 is 12.6 Å². The van der Waals surface area contributed by atoms with E-state index in [0.29, 0.717) is 18.8 Å². The Balaban J connectivity index is 3.14. The third-order valence-corrected chi connectivity index (χ3v) is 1.28. The Bertz CT molecular complexity index is 88.9. The normalized spacial score (nSPS) is 12.6. The number of hydrogen-bond donors (Lipinski definition) is 0. The molecule has 0 rings (SSSR count). The summed E-state index contributed by atoms with van der Waals surface area (Å²) < 4.78 is 0. The largest absolute Gasteiger partial charge is 0.303 e. The SMILES string of the molecule is CC(CC=O)CCC=O. The van der Waals surface area contributed by atoms with Gasteiger partial charge in [-0.05, 0) is 12.3 Å². The molecular weight excluding hydrogens is 116 g/mol. The van der Waals surface area contributed by atoms with Crippen molar-refractivity contribution in [3.63, 3.8) is 0 Å². The first-order valence-corrected chi connectivity index (χ1v) is 3.18. The van der Waals surface area contributed by atoms with Crippen LogP contribution in [0, 0.1) is 5.92 Å². The van der Waals surface area contributed by atoms with Gasteiger partial charge in [-0.15, -0.1) is 0 Å². The van der Waals surface area contributed by atoms with E-state index in [2.05, 4.69) is 0 Å². The van der Waals surface area contributed by atoms with Crippen LogP contribution < -0.4 is 0 Å². The first kappa shape index (κ1) is 8.34. The highest BCUT2D eigenvalue weighted by atomic mass is 16.1. The molecule has 0 aromatic carbocycles. The molecule has 0 amide bonds. The van der Waals surface area contributed by atoms with Crippen LogP contribution in [0.5, 0.6) is 0 Å². The fraction of sp³-hybridized carbons (Fsp3) is 0.714. The molecule has 0 saturated carbocycles. The lowest BCUT2D eigenvalue weighted by Gasteiger charge is -2.01. The van der Waals surface area contributed by atoms with Crippen LogP contribution in [-0.4, -0.2) is 12.6 Å². The minimum absolute atomic E-state index is 0.368. The van der Waals surface area contributed by atoms with E-state index >= 15 is 0 Å². The fourth-order valence-corrected chi connectivity index (χ4v) is 0.635. The Morgan fingerprint density at radius 2 is 2.00 bits per heavy atom. The Morgan fingerprint density at radius 3 is 2.44 bits per heavy atom. The van der Waals surface area contributed by atoms with Crippen molar-refractivity contribution in [3.8, 4) is 0 Å². The standard InChI is InChI=1S/C7H12O2/c1-7(4-6-9)3-2-5-8/h5-7H,2-4H2,1H3. The van der Waals surface area contributed by atoms with Gasteiger partial charge in [-0.2, -0.15) is 0 Å². The third kappa shape index (κ3) is 5.21. The van der Waals surface area contributed by atoms with Crippen molar-refractivity contribution in [2.24, 2.45) is 5.92 Å². The van der Waals surface area contributed by atoms with E-state index < -0.39 is 0 Å². The molecular formula is C7H12O2. The molecule has 0 radical (unpaired) electrons. The maximum Gasteiger partial charge on any atom is 0.120 e. The smallest absolute Gasteiger partial charge is 0.120 e. The number of carbonyl (C=O) groups excluding carboxylic acids is 2. The number of hydrogen-bond acceptors (Lipinski definition) is 2. The van der Waals surface area contributed by atoms with Crippen LogP contribution in [-0.2, 0) is 9.59 Å². The summed E-state index contributed by atoms with van der Waals surface area (Å²) in [5, 5.41) is 0. The molecule has 0 aromatic heterocycles. The Morgan fingerprint density at radius 1 is 1.33 bits per heavy atom. The quantitative estimate of drug-likeness (QED) is 0.521. The number of carbonyl (C=O) groups is 2. The van der Waals surface area contributed by atoms with Crippen LogP contribution in [0.4, 0.5) is 0 Å². The molecule has 0 spiro atoms. The van der Waals surface area contributed by atoms with Gasteiger partial charge in [0.2, 0.25) is 0 Å². The summed E-state index contributed by atoms with van der Waals surface area (Å²) in [7, 11) is 0. The van der Waals surface area contributed by atoms with Gasteiger partial charge in [0.15, 0.2) is 0 Å². The van der Waals surface area contributed by atoms with Crippen molar-refractivity contribution in [1.82, 2.24) is 0 Å². The lowest BCUT2D eigenvalue weighted by atomic mass is 10.0. The highest BCUT2D eigenvalue weighted by Crippen LogP contribution is 2.05. The zero-order chi connectivity index (χ0) is 7.11. The number of rotatable bonds is 5. The Hall–Kier alpha value is -0.660. The summed E-state index contributed by atoms with van der Waals surface area (Å²) >= 11 is 0. The van der Waals surface area contributed by atoms with Crippen molar-refractivity contribution < 1.29 is 9.59 Å². The lowest BCUT2D eigenvalue weighted by Crippen LogP contribution is -1.94. The predicted octanol–water partition coefficient (Wildman–Crippen LogP) is 1.19. The van der Waals surface area contributed by atoms with E-state index in [9.17, 15) is 9.59 Å². The maximum atomic E-state index is 9.89. The fourth-order valence-electron chi connectivity index (χ4n) is 0.635. The summed E-state index contributed by atoms with van der Waals surface area (Å²) in [5.41, 5.74) is 0. The molecule has 2 nitrogen and oxygen atoms in total. The van der Waals surface area contributed by atoms with Gasteiger partial charge in [-0.3, -0.25) is 0 Å². The minimum Gasteiger partial charge on any atom is -0.303 e. The molecule has 2 heteroatoms. The molecule has 1 unspecified atom stereocenters. The van der Waals surface area contributed by atoms with Crippen molar-refractivity contribution in [1.29, 1.82) is 0 Å². The zero-order valence-corrected chi connectivity index (χ0v) is 5.67. The van der Waals surface area contributed by atoms with Crippen LogP contribution in [0.1, 0.15) is 26.2 Å². The molecule has 0 heterocycles. The third-order valence-electron chi connectivity index (χ3n) is 1.28. The van der Waals surface area contributed by atoms with Crippen LogP contribution in [0.25, 0.3) is 0 Å². The molecule has 1 atom stereocenters. The topological polar surface area (TPSA) is 34.1 Å². The monoisotopic (exact) mass is 128 g/mol. The van der Waals surface area contributed by atoms with Crippen LogP contribution in [0.2, 0.25) is 0 Å². The van der Waals surface area contributed by atoms with Gasteiger partial charge in [0.25, 0.3) is 0 Å². The summed E-state index contributed by atoms with van der Waals surface area (Å²) in [6, 6.07) is 0. The van der Waals surface area contributed by atoms with E-state index in [-0.39, 0.29) is 0 Å². The molecule has 52 valence electrons. The van der Waals surface area contributed by atoms with Crippen LogP contribution in [0.15, 0.2) is 0 Å². The van der Waals surface area contributed by atoms with Gasteiger partial charge in [-0.1, -0.05) is 6.92 Å². The van der Waals surface area contributed by atoms with Crippen LogP contribution >= 0.6 is 0 Å². The average Bonchev–Trinajstić information content (AvgIpc) is 1.85. The van der Waals surface area contributed by atoms with Gasteiger partial charge in [0, 0.05) is 12.8 Å². The summed E-state index contributed by atoms with van der Waals surface area (Å²) in [4.78, 5) is 19.7. The van der Waals surface area contributed by atoms with E-state index in [1.165, 1.54) is 0 Å². The molecule has 0 aromatic rings.